The van der Waals surface area contributed by atoms with E-state index in [0.717, 1.165) is 0 Å². The molecule has 0 fully saturated rings. The summed E-state index contributed by atoms with van der Waals surface area (Å²) in [6.07, 6.45) is -4.50. The monoisotopic (exact) mass is 208 g/mol. The Kier molecular flexibility index (Phi) is 3.20. The van der Waals surface area contributed by atoms with Crippen molar-refractivity contribution < 1.29 is 13.2 Å². The van der Waals surface area contributed by atoms with Crippen LogP contribution in [0.25, 0.3) is 0 Å². The summed E-state index contributed by atoms with van der Waals surface area (Å²) < 4.78 is 36.0. The summed E-state index contributed by atoms with van der Waals surface area (Å²) in [4.78, 5) is 0. The molecule has 0 aliphatic carbocycles. The molecule has 0 heterocycles. The summed E-state index contributed by atoms with van der Waals surface area (Å²) >= 11 is 5.17. The van der Waals surface area contributed by atoms with Crippen molar-refractivity contribution >= 4 is 11.6 Å². The molecule has 0 bridgehead atoms. The van der Waals surface area contributed by atoms with Gasteiger partial charge in [0.2, 0.25) is 0 Å². The summed E-state index contributed by atoms with van der Waals surface area (Å²) in [5, 5.41) is -1.80. The van der Waals surface area contributed by atoms with Gasteiger partial charge < -0.3 is 0 Å². The van der Waals surface area contributed by atoms with Gasteiger partial charge in [-0.05, 0) is 12.0 Å². The van der Waals surface area contributed by atoms with E-state index >= 15 is 0 Å². The van der Waals surface area contributed by atoms with Gasteiger partial charge in [-0.15, -0.1) is 11.6 Å². The highest BCUT2D eigenvalue weighted by molar-refractivity contribution is 6.21. The van der Waals surface area contributed by atoms with E-state index in [2.05, 4.69) is 0 Å². The molecule has 0 saturated carbocycles. The molecule has 0 aliphatic rings. The van der Waals surface area contributed by atoms with Crippen molar-refractivity contribution in [2.45, 2.75) is 18.0 Å². The van der Waals surface area contributed by atoms with Gasteiger partial charge in [-0.3, -0.25) is 0 Å². The lowest BCUT2D eigenvalue weighted by atomic mass is 10.1. The van der Waals surface area contributed by atoms with Crippen molar-refractivity contribution in [3.8, 4) is 0 Å². The molecule has 0 nitrogen and oxygen atoms in total. The minimum absolute atomic E-state index is 0.175. The van der Waals surface area contributed by atoms with Crippen LogP contribution in [0, 0.1) is 0 Å². The van der Waals surface area contributed by atoms with Crippen LogP contribution >= 0.6 is 11.6 Å². The summed E-state index contributed by atoms with van der Waals surface area (Å²) in [7, 11) is 0. The number of hydrogen-bond donors (Lipinski definition) is 0. The van der Waals surface area contributed by atoms with Gasteiger partial charge in [0.15, 0.2) is 0 Å². The Hall–Kier alpha value is -0.700. The molecule has 72 valence electrons. The van der Waals surface area contributed by atoms with Gasteiger partial charge in [0, 0.05) is 0 Å². The second-order valence-corrected chi connectivity index (χ2v) is 3.23. The molecule has 13 heavy (non-hydrogen) atoms. The fraction of sp³-hybridized carbons (Fsp3) is 0.333. The highest BCUT2D eigenvalue weighted by atomic mass is 35.5. The normalized spacial score (nSPS) is 14.2. The standard InChI is InChI=1S/C9H8ClF3/c10-8(9(11,12)13)6-7-4-2-1-3-5-7/h1-5,8H,6H2. The van der Waals surface area contributed by atoms with Crippen LogP contribution in [0.5, 0.6) is 0 Å². The van der Waals surface area contributed by atoms with Crippen molar-refractivity contribution in [1.82, 2.24) is 0 Å². The second kappa shape index (κ2) is 4.01. The molecule has 1 aromatic carbocycles. The van der Waals surface area contributed by atoms with Crippen LogP contribution in [-0.2, 0) is 6.42 Å². The number of halogens is 4. The van der Waals surface area contributed by atoms with E-state index in [9.17, 15) is 13.2 Å². The lowest BCUT2D eigenvalue weighted by Crippen LogP contribution is -2.25. The highest BCUT2D eigenvalue weighted by Crippen LogP contribution is 2.27. The first-order valence-corrected chi connectivity index (χ1v) is 4.18. The molecule has 0 aromatic heterocycles. The first kappa shape index (κ1) is 10.4. The van der Waals surface area contributed by atoms with Crippen LogP contribution < -0.4 is 0 Å². The molecule has 1 aromatic rings. The van der Waals surface area contributed by atoms with Crippen molar-refractivity contribution in [2.24, 2.45) is 0 Å². The van der Waals surface area contributed by atoms with Crippen LogP contribution in [0.15, 0.2) is 30.3 Å². The Morgan fingerprint density at radius 3 is 2.15 bits per heavy atom. The zero-order chi connectivity index (χ0) is 9.90. The van der Waals surface area contributed by atoms with E-state index in [1.807, 2.05) is 0 Å². The minimum atomic E-state index is -4.32. The molecule has 1 rings (SSSR count). The lowest BCUT2D eigenvalue weighted by molar-refractivity contribution is -0.130. The molecule has 0 aliphatic heterocycles. The average Bonchev–Trinajstić information content (AvgIpc) is 2.04. The highest BCUT2D eigenvalue weighted by Gasteiger charge is 2.37. The predicted molar refractivity (Wildman–Crippen MR) is 45.8 cm³/mol. The van der Waals surface area contributed by atoms with Crippen LogP contribution in [0.2, 0.25) is 0 Å². The van der Waals surface area contributed by atoms with Gasteiger partial charge in [0.05, 0.1) is 0 Å². The zero-order valence-electron chi connectivity index (χ0n) is 6.68. The van der Waals surface area contributed by atoms with Crippen LogP contribution in [-0.4, -0.2) is 11.6 Å². The quantitative estimate of drug-likeness (QED) is 0.654. The number of alkyl halides is 4. The molecule has 1 unspecified atom stereocenters. The molecule has 0 saturated heterocycles. The number of hydrogen-bond acceptors (Lipinski definition) is 0. The molecule has 4 heteroatoms. The van der Waals surface area contributed by atoms with E-state index in [1.54, 1.807) is 30.3 Å². The molecule has 0 amide bonds. The molecule has 1 atom stereocenters. The Labute approximate surface area is 79.3 Å². The summed E-state index contributed by atoms with van der Waals surface area (Å²) in [5.74, 6) is 0. The number of rotatable bonds is 2. The van der Waals surface area contributed by atoms with E-state index in [-0.39, 0.29) is 6.42 Å². The van der Waals surface area contributed by atoms with E-state index < -0.39 is 11.6 Å². The molecule has 0 spiro atoms. The van der Waals surface area contributed by atoms with Gasteiger partial charge in [0.1, 0.15) is 5.38 Å². The van der Waals surface area contributed by atoms with Gasteiger partial charge in [-0.2, -0.15) is 13.2 Å². The Morgan fingerprint density at radius 1 is 1.15 bits per heavy atom. The maximum atomic E-state index is 12.0. The van der Waals surface area contributed by atoms with Gasteiger partial charge in [0.25, 0.3) is 0 Å². The molecule has 0 N–H and O–H groups in total. The smallest absolute Gasteiger partial charge is 0.169 e. The fourth-order valence-corrected chi connectivity index (χ4v) is 1.11. The molecular formula is C9H8ClF3. The summed E-state index contributed by atoms with van der Waals surface area (Å²) in [5.41, 5.74) is 0.597. The summed E-state index contributed by atoms with van der Waals surface area (Å²) in [6, 6.07) is 8.38. The first-order chi connectivity index (χ1) is 6.00. The van der Waals surface area contributed by atoms with Crippen molar-refractivity contribution in [3.63, 3.8) is 0 Å². The van der Waals surface area contributed by atoms with Crippen LogP contribution in [0.1, 0.15) is 5.56 Å². The molecular weight excluding hydrogens is 201 g/mol. The lowest BCUT2D eigenvalue weighted by Gasteiger charge is -2.12. The van der Waals surface area contributed by atoms with Crippen LogP contribution in [0.4, 0.5) is 13.2 Å². The Balaban J connectivity index is 2.61. The third-order valence-electron chi connectivity index (χ3n) is 1.61. The number of benzene rings is 1. The van der Waals surface area contributed by atoms with E-state index in [4.69, 9.17) is 11.6 Å². The maximum Gasteiger partial charge on any atom is 0.405 e. The first-order valence-electron chi connectivity index (χ1n) is 3.75. The van der Waals surface area contributed by atoms with Crippen LogP contribution in [0.3, 0.4) is 0 Å². The Morgan fingerprint density at radius 2 is 1.69 bits per heavy atom. The maximum absolute atomic E-state index is 12.0. The predicted octanol–water partition coefficient (Wildman–Crippen LogP) is 3.40. The SMILES string of the molecule is FC(F)(F)C(Cl)Cc1ccccc1. The van der Waals surface area contributed by atoms with Crippen molar-refractivity contribution in [2.75, 3.05) is 0 Å². The third-order valence-corrected chi connectivity index (χ3v) is 2.01. The topological polar surface area (TPSA) is 0 Å². The molecule has 0 radical (unpaired) electrons. The summed E-state index contributed by atoms with van der Waals surface area (Å²) in [6.45, 7) is 0. The van der Waals surface area contributed by atoms with E-state index in [0.29, 0.717) is 5.56 Å². The van der Waals surface area contributed by atoms with Gasteiger partial charge in [-0.1, -0.05) is 30.3 Å². The zero-order valence-corrected chi connectivity index (χ0v) is 7.44. The minimum Gasteiger partial charge on any atom is -0.169 e. The third kappa shape index (κ3) is 3.27. The van der Waals surface area contributed by atoms with Gasteiger partial charge in [-0.25, -0.2) is 0 Å². The van der Waals surface area contributed by atoms with Crippen molar-refractivity contribution in [1.29, 1.82) is 0 Å². The van der Waals surface area contributed by atoms with Gasteiger partial charge >= 0.3 is 6.18 Å². The Bertz CT molecular complexity index is 255. The second-order valence-electron chi connectivity index (χ2n) is 2.70. The van der Waals surface area contributed by atoms with E-state index in [1.165, 1.54) is 0 Å². The largest absolute Gasteiger partial charge is 0.405 e. The average molecular weight is 209 g/mol. The van der Waals surface area contributed by atoms with Crippen molar-refractivity contribution in [3.05, 3.63) is 35.9 Å². The fourth-order valence-electron chi connectivity index (χ4n) is 0.937.